The maximum Gasteiger partial charge on any atom is 0.191 e. The molecule has 2 rings (SSSR count). The van der Waals surface area contributed by atoms with Crippen molar-refractivity contribution in [3.05, 3.63) is 34.0 Å². The Morgan fingerprint density at radius 1 is 1.45 bits per heavy atom. The van der Waals surface area contributed by atoms with Crippen LogP contribution in [0.4, 0.5) is 0 Å². The Balaban J connectivity index is 1.71. The van der Waals surface area contributed by atoms with Crippen LogP contribution in [0.1, 0.15) is 22.5 Å². The van der Waals surface area contributed by atoms with E-state index in [-0.39, 0.29) is 0 Å². The van der Waals surface area contributed by atoms with E-state index in [4.69, 9.17) is 0 Å². The molecule has 2 heterocycles. The number of hydrogen-bond donors (Lipinski definition) is 3. The predicted molar refractivity (Wildman–Crippen MR) is 82.0 cm³/mol. The third-order valence-electron chi connectivity index (χ3n) is 2.81. The lowest BCUT2D eigenvalue weighted by atomic mass is 10.4. The summed E-state index contributed by atoms with van der Waals surface area (Å²) in [6.07, 6.45) is 5.67. The van der Waals surface area contributed by atoms with Crippen molar-refractivity contribution in [3.63, 3.8) is 0 Å². The lowest BCUT2D eigenvalue weighted by Gasteiger charge is -2.10. The van der Waals surface area contributed by atoms with Crippen LogP contribution in [0.3, 0.4) is 0 Å². The molecule has 0 amide bonds. The van der Waals surface area contributed by atoms with E-state index in [1.165, 1.54) is 9.88 Å². The van der Waals surface area contributed by atoms with E-state index in [0.717, 1.165) is 31.0 Å². The maximum atomic E-state index is 4.40. The summed E-state index contributed by atoms with van der Waals surface area (Å²) in [4.78, 5) is 9.92. The minimum absolute atomic E-state index is 0.677. The summed E-state index contributed by atoms with van der Waals surface area (Å²) in [6.45, 7) is 3.65. The summed E-state index contributed by atoms with van der Waals surface area (Å²) in [7, 11) is 1.76. The van der Waals surface area contributed by atoms with Crippen LogP contribution < -0.4 is 10.6 Å². The molecule has 0 aliphatic carbocycles. The number of guanidine groups is 1. The van der Waals surface area contributed by atoms with Gasteiger partial charge in [-0.05, 0) is 12.5 Å². The Kier molecular flexibility index (Phi) is 5.55. The van der Waals surface area contributed by atoms with Crippen molar-refractivity contribution in [3.8, 4) is 0 Å². The minimum Gasteiger partial charge on any atom is -0.356 e. The van der Waals surface area contributed by atoms with Gasteiger partial charge in [0.2, 0.25) is 0 Å². The molecule has 0 saturated heterocycles. The smallest absolute Gasteiger partial charge is 0.191 e. The summed E-state index contributed by atoms with van der Waals surface area (Å²) in [5.74, 6) is 0.784. The lowest BCUT2D eigenvalue weighted by molar-refractivity contribution is 0.778. The number of thiazole rings is 1. The molecule has 3 N–H and O–H groups in total. The molecule has 20 heavy (non-hydrogen) atoms. The molecule has 0 atom stereocenters. The Labute approximate surface area is 122 Å². The first kappa shape index (κ1) is 14.5. The fourth-order valence-electron chi connectivity index (χ4n) is 1.70. The zero-order valence-corrected chi connectivity index (χ0v) is 12.6. The van der Waals surface area contributed by atoms with Gasteiger partial charge in [-0.1, -0.05) is 6.92 Å². The standard InChI is InChI=1S/C13H20N6S/c1-3-11-9-16-12(20-11)5-6-15-13(14-2)17-8-10-4-7-18-19-10/h4,7,9H,3,5-6,8H2,1-2H3,(H,18,19)(H2,14,15,17). The van der Waals surface area contributed by atoms with Crippen LogP contribution in [0.25, 0.3) is 0 Å². The van der Waals surface area contributed by atoms with Crippen molar-refractivity contribution in [2.75, 3.05) is 13.6 Å². The Bertz CT molecular complexity index is 531. The topological polar surface area (TPSA) is 78.0 Å². The van der Waals surface area contributed by atoms with Gasteiger partial charge in [0.25, 0.3) is 0 Å². The molecule has 2 aromatic rings. The average molecular weight is 292 g/mol. The monoisotopic (exact) mass is 292 g/mol. The summed E-state index contributed by atoms with van der Waals surface area (Å²) < 4.78 is 0. The Hall–Kier alpha value is -1.89. The van der Waals surface area contributed by atoms with Gasteiger partial charge < -0.3 is 10.6 Å². The highest BCUT2D eigenvalue weighted by Gasteiger charge is 2.02. The van der Waals surface area contributed by atoms with Crippen LogP contribution in [0.15, 0.2) is 23.5 Å². The van der Waals surface area contributed by atoms with Gasteiger partial charge in [-0.15, -0.1) is 11.3 Å². The molecule has 0 fully saturated rings. The Morgan fingerprint density at radius 3 is 3.00 bits per heavy atom. The van der Waals surface area contributed by atoms with E-state index in [1.54, 1.807) is 24.6 Å². The second-order valence-corrected chi connectivity index (χ2v) is 5.46. The normalized spacial score (nSPS) is 11.6. The van der Waals surface area contributed by atoms with Crippen molar-refractivity contribution >= 4 is 17.3 Å². The number of nitrogens with zero attached hydrogens (tertiary/aromatic N) is 3. The van der Waals surface area contributed by atoms with E-state index in [9.17, 15) is 0 Å². The van der Waals surface area contributed by atoms with Crippen LogP contribution in [-0.4, -0.2) is 34.7 Å². The van der Waals surface area contributed by atoms with Gasteiger partial charge in [-0.25, -0.2) is 4.98 Å². The van der Waals surface area contributed by atoms with Gasteiger partial charge >= 0.3 is 0 Å². The molecule has 108 valence electrons. The van der Waals surface area contributed by atoms with Crippen molar-refractivity contribution in [2.45, 2.75) is 26.3 Å². The first-order valence-corrected chi connectivity index (χ1v) is 7.49. The zero-order valence-electron chi connectivity index (χ0n) is 11.8. The lowest BCUT2D eigenvalue weighted by Crippen LogP contribution is -2.37. The molecule has 0 aliphatic rings. The number of aromatic amines is 1. The summed E-state index contributed by atoms with van der Waals surface area (Å²) in [5.41, 5.74) is 1.03. The zero-order chi connectivity index (χ0) is 14.2. The van der Waals surface area contributed by atoms with E-state index < -0.39 is 0 Å². The van der Waals surface area contributed by atoms with Gasteiger partial charge in [0.1, 0.15) is 0 Å². The van der Waals surface area contributed by atoms with Crippen molar-refractivity contribution in [2.24, 2.45) is 4.99 Å². The van der Waals surface area contributed by atoms with Crippen LogP contribution in [0.2, 0.25) is 0 Å². The van der Waals surface area contributed by atoms with Crippen LogP contribution >= 0.6 is 11.3 Å². The molecule has 0 saturated carbocycles. The number of rotatable bonds is 6. The summed E-state index contributed by atoms with van der Waals surface area (Å²) in [6, 6.07) is 1.93. The molecule has 0 spiro atoms. The first-order valence-electron chi connectivity index (χ1n) is 6.68. The molecule has 0 unspecified atom stereocenters. The Morgan fingerprint density at radius 2 is 2.35 bits per heavy atom. The summed E-state index contributed by atoms with van der Waals surface area (Å²) in [5, 5.41) is 14.5. The van der Waals surface area contributed by atoms with Gasteiger partial charge in [-0.2, -0.15) is 5.10 Å². The van der Waals surface area contributed by atoms with Crippen molar-refractivity contribution < 1.29 is 0 Å². The molecular weight excluding hydrogens is 272 g/mol. The molecular formula is C13H20N6S. The van der Waals surface area contributed by atoms with Crippen LogP contribution in [-0.2, 0) is 19.4 Å². The largest absolute Gasteiger partial charge is 0.356 e. The fourth-order valence-corrected chi connectivity index (χ4v) is 2.56. The third-order valence-corrected chi connectivity index (χ3v) is 4.01. The van der Waals surface area contributed by atoms with E-state index >= 15 is 0 Å². The molecule has 6 nitrogen and oxygen atoms in total. The van der Waals surface area contributed by atoms with Gasteiger partial charge in [-0.3, -0.25) is 10.1 Å². The van der Waals surface area contributed by atoms with Crippen LogP contribution in [0, 0.1) is 0 Å². The number of aromatic nitrogens is 3. The molecule has 2 aromatic heterocycles. The second-order valence-electron chi connectivity index (χ2n) is 4.26. The van der Waals surface area contributed by atoms with E-state index in [2.05, 4.69) is 37.7 Å². The summed E-state index contributed by atoms with van der Waals surface area (Å²) >= 11 is 1.78. The number of aryl methyl sites for hydroxylation is 1. The maximum absolute atomic E-state index is 4.40. The molecule has 7 heteroatoms. The van der Waals surface area contributed by atoms with Crippen molar-refractivity contribution in [1.29, 1.82) is 0 Å². The molecule has 0 radical (unpaired) electrons. The van der Waals surface area contributed by atoms with Crippen LogP contribution in [0.5, 0.6) is 0 Å². The predicted octanol–water partition coefficient (Wildman–Crippen LogP) is 1.34. The number of H-pyrrole nitrogens is 1. The highest BCUT2D eigenvalue weighted by Crippen LogP contribution is 2.13. The minimum atomic E-state index is 0.677. The van der Waals surface area contributed by atoms with Gasteiger partial charge in [0.05, 0.1) is 17.2 Å². The number of hydrogen-bond acceptors (Lipinski definition) is 4. The van der Waals surface area contributed by atoms with Crippen molar-refractivity contribution in [1.82, 2.24) is 25.8 Å². The fraction of sp³-hybridized carbons (Fsp3) is 0.462. The quantitative estimate of drug-likeness (QED) is 0.554. The highest BCUT2D eigenvalue weighted by atomic mass is 32.1. The number of aliphatic imine (C=N–C) groups is 1. The molecule has 0 aromatic carbocycles. The van der Waals surface area contributed by atoms with Gasteiger partial charge in [0.15, 0.2) is 5.96 Å². The molecule has 0 aliphatic heterocycles. The number of nitrogens with one attached hydrogen (secondary N) is 3. The van der Waals surface area contributed by atoms with Gasteiger partial charge in [0, 0.05) is 37.3 Å². The second kappa shape index (κ2) is 7.64. The SMILES string of the molecule is CCc1cnc(CCNC(=NC)NCc2ccn[nH]2)s1. The third kappa shape index (κ3) is 4.34. The average Bonchev–Trinajstić information content (AvgIpc) is 3.13. The van der Waals surface area contributed by atoms with E-state index in [0.29, 0.717) is 6.54 Å². The molecule has 0 bridgehead atoms. The first-order chi connectivity index (χ1) is 9.81. The van der Waals surface area contributed by atoms with E-state index in [1.807, 2.05) is 12.3 Å². The highest BCUT2D eigenvalue weighted by molar-refractivity contribution is 7.11.